The summed E-state index contributed by atoms with van der Waals surface area (Å²) in [4.78, 5) is 12.5. The molecule has 1 heterocycles. The van der Waals surface area contributed by atoms with E-state index in [-0.39, 0.29) is 28.6 Å². The van der Waals surface area contributed by atoms with Crippen LogP contribution in [0.2, 0.25) is 0 Å². The predicted octanol–water partition coefficient (Wildman–Crippen LogP) is 3.95. The van der Waals surface area contributed by atoms with Crippen LogP contribution in [0, 0.1) is 5.92 Å². The van der Waals surface area contributed by atoms with E-state index in [9.17, 15) is 23.1 Å². The normalized spacial score (nSPS) is 21.7. The molecule has 1 aromatic rings. The zero-order valence-electron chi connectivity index (χ0n) is 12.6. The van der Waals surface area contributed by atoms with Gasteiger partial charge in [0.25, 0.3) is 11.6 Å². The smallest absolute Gasteiger partial charge is 0.362 e. The van der Waals surface area contributed by atoms with Gasteiger partial charge < -0.3 is 5.11 Å². The topological polar surface area (TPSA) is 52.9 Å². The fraction of sp³-hybridized carbons (Fsp3) is 0.467. The van der Waals surface area contributed by atoms with Crippen LogP contribution in [0.15, 0.2) is 33.8 Å². The Hall–Kier alpha value is -1.41. The summed E-state index contributed by atoms with van der Waals surface area (Å²) in [7, 11) is 0. The van der Waals surface area contributed by atoms with Gasteiger partial charge in [-0.25, -0.2) is 0 Å². The average molecular weight is 393 g/mol. The van der Waals surface area contributed by atoms with Crippen molar-refractivity contribution in [1.29, 1.82) is 0 Å². The Balaban J connectivity index is 2.44. The summed E-state index contributed by atoms with van der Waals surface area (Å²) >= 11 is 3.13. The number of rotatable bonds is 3. The molecule has 0 radical (unpaired) electrons. The number of amides is 1. The van der Waals surface area contributed by atoms with Crippen LogP contribution in [0.4, 0.5) is 13.2 Å². The number of benzene rings is 1. The van der Waals surface area contributed by atoms with Crippen molar-refractivity contribution in [3.05, 3.63) is 34.3 Å². The quantitative estimate of drug-likeness (QED) is 0.846. The minimum Gasteiger partial charge on any atom is -0.362 e. The van der Waals surface area contributed by atoms with Crippen molar-refractivity contribution in [1.82, 2.24) is 5.01 Å². The summed E-state index contributed by atoms with van der Waals surface area (Å²) in [6, 6.07) is 6.07. The Bertz CT molecular complexity index is 646. The molecule has 4 nitrogen and oxygen atoms in total. The number of hydrazone groups is 1. The number of halogens is 4. The Morgan fingerprint density at radius 3 is 2.57 bits per heavy atom. The predicted molar refractivity (Wildman–Crippen MR) is 82.8 cm³/mol. The molecule has 126 valence electrons. The molecular formula is C15H16BrF3N2O2. The number of hydrogen-bond donors (Lipinski definition) is 1. The van der Waals surface area contributed by atoms with Crippen molar-refractivity contribution >= 4 is 27.5 Å². The maximum absolute atomic E-state index is 13.4. The molecule has 8 heteroatoms. The lowest BCUT2D eigenvalue weighted by Gasteiger charge is -2.32. The fourth-order valence-corrected chi connectivity index (χ4v) is 2.84. The van der Waals surface area contributed by atoms with Gasteiger partial charge in [-0.15, -0.1) is 0 Å². The maximum atomic E-state index is 13.4. The average Bonchev–Trinajstić information content (AvgIpc) is 2.75. The van der Waals surface area contributed by atoms with E-state index in [1.807, 2.05) is 13.8 Å². The standard InChI is InChI=1S/C15H16BrF3N2O2/c1-9(2)7-10-8-14(23,15(17,18)19)21(20-10)13(22)11-5-3-4-6-12(11)16/h3-6,9,23H,7-8H2,1-2H3/t14-/m0/s1. The summed E-state index contributed by atoms with van der Waals surface area (Å²) in [5, 5.41) is 14.1. The fourth-order valence-electron chi connectivity index (χ4n) is 2.39. The summed E-state index contributed by atoms with van der Waals surface area (Å²) in [5.74, 6) is -0.944. The number of alkyl halides is 3. The van der Waals surface area contributed by atoms with Gasteiger partial charge in [-0.3, -0.25) is 4.79 Å². The second kappa shape index (κ2) is 6.24. The highest BCUT2D eigenvalue weighted by Crippen LogP contribution is 2.42. The third-order valence-corrected chi connectivity index (χ3v) is 4.13. The Labute approximate surface area is 140 Å². The lowest BCUT2D eigenvalue weighted by Crippen LogP contribution is -2.56. The first-order valence-corrected chi connectivity index (χ1v) is 7.80. The van der Waals surface area contributed by atoms with Crippen LogP contribution in [0.1, 0.15) is 37.0 Å². The van der Waals surface area contributed by atoms with Crippen LogP contribution in [0.5, 0.6) is 0 Å². The van der Waals surface area contributed by atoms with Crippen LogP contribution in [-0.4, -0.2) is 33.6 Å². The molecular weight excluding hydrogens is 377 g/mol. The van der Waals surface area contributed by atoms with Gasteiger partial charge in [0.1, 0.15) is 0 Å². The molecule has 1 aromatic carbocycles. The number of nitrogens with zero attached hydrogens (tertiary/aromatic N) is 2. The molecule has 0 unspecified atom stereocenters. The number of hydrogen-bond acceptors (Lipinski definition) is 3. The molecule has 1 atom stereocenters. The second-order valence-electron chi connectivity index (χ2n) is 5.85. The van der Waals surface area contributed by atoms with Crippen molar-refractivity contribution in [3.63, 3.8) is 0 Å². The maximum Gasteiger partial charge on any atom is 0.438 e. The summed E-state index contributed by atoms with van der Waals surface area (Å²) in [6.45, 7) is 3.65. The van der Waals surface area contributed by atoms with Crippen molar-refractivity contribution < 1.29 is 23.1 Å². The summed E-state index contributed by atoms with van der Waals surface area (Å²) in [5.41, 5.74) is -3.16. The first-order valence-electron chi connectivity index (χ1n) is 7.01. The van der Waals surface area contributed by atoms with Gasteiger partial charge in [-0.2, -0.15) is 23.3 Å². The van der Waals surface area contributed by atoms with Crippen molar-refractivity contribution in [2.24, 2.45) is 11.0 Å². The third kappa shape index (κ3) is 3.42. The first kappa shape index (κ1) is 17.9. The monoisotopic (exact) mass is 392 g/mol. The zero-order chi connectivity index (χ0) is 17.4. The summed E-state index contributed by atoms with van der Waals surface area (Å²) in [6.07, 6.45) is -5.46. The van der Waals surface area contributed by atoms with Gasteiger partial charge >= 0.3 is 6.18 Å². The summed E-state index contributed by atoms with van der Waals surface area (Å²) < 4.78 is 40.4. The molecule has 0 saturated heterocycles. The molecule has 0 aliphatic carbocycles. The van der Waals surface area contributed by atoms with Gasteiger partial charge in [0.15, 0.2) is 0 Å². The van der Waals surface area contributed by atoms with E-state index < -0.39 is 24.2 Å². The van der Waals surface area contributed by atoms with Crippen molar-refractivity contribution in [2.75, 3.05) is 0 Å². The van der Waals surface area contributed by atoms with E-state index in [0.29, 0.717) is 4.47 Å². The molecule has 2 rings (SSSR count). The molecule has 1 aliphatic rings. The lowest BCUT2D eigenvalue weighted by molar-refractivity contribution is -0.297. The van der Waals surface area contributed by atoms with Crippen LogP contribution < -0.4 is 0 Å². The van der Waals surface area contributed by atoms with Gasteiger partial charge in [-0.1, -0.05) is 26.0 Å². The minimum atomic E-state index is -5.01. The van der Waals surface area contributed by atoms with E-state index in [1.165, 1.54) is 18.2 Å². The van der Waals surface area contributed by atoms with Crippen molar-refractivity contribution in [2.45, 2.75) is 38.6 Å². The number of aliphatic hydroxyl groups is 1. The van der Waals surface area contributed by atoms with E-state index >= 15 is 0 Å². The number of carbonyl (C=O) groups excluding carboxylic acids is 1. The van der Waals surface area contributed by atoms with E-state index in [2.05, 4.69) is 21.0 Å². The molecule has 23 heavy (non-hydrogen) atoms. The Kier molecular flexibility index (Phi) is 4.86. The molecule has 1 N–H and O–H groups in total. The van der Waals surface area contributed by atoms with Crippen LogP contribution in [0.3, 0.4) is 0 Å². The van der Waals surface area contributed by atoms with Crippen LogP contribution >= 0.6 is 15.9 Å². The molecule has 0 aromatic heterocycles. The molecule has 0 bridgehead atoms. The van der Waals surface area contributed by atoms with Crippen LogP contribution in [0.25, 0.3) is 0 Å². The van der Waals surface area contributed by atoms with Gasteiger partial charge in [0, 0.05) is 16.6 Å². The lowest BCUT2D eigenvalue weighted by atomic mass is 9.99. The van der Waals surface area contributed by atoms with Gasteiger partial charge in [0.2, 0.25) is 0 Å². The van der Waals surface area contributed by atoms with Gasteiger partial charge in [-0.05, 0) is 40.4 Å². The molecule has 0 fully saturated rings. The SMILES string of the molecule is CC(C)CC1=NN(C(=O)c2ccccc2Br)[C@@](O)(C(F)(F)F)C1. The highest BCUT2D eigenvalue weighted by atomic mass is 79.9. The van der Waals surface area contributed by atoms with E-state index in [4.69, 9.17) is 0 Å². The Morgan fingerprint density at radius 2 is 2.04 bits per heavy atom. The van der Waals surface area contributed by atoms with E-state index in [0.717, 1.165) is 0 Å². The first-order chi connectivity index (χ1) is 10.6. The largest absolute Gasteiger partial charge is 0.438 e. The van der Waals surface area contributed by atoms with Gasteiger partial charge in [0.05, 0.1) is 5.56 Å². The number of carbonyl (C=O) groups is 1. The molecule has 1 aliphatic heterocycles. The molecule has 0 saturated carbocycles. The third-order valence-electron chi connectivity index (χ3n) is 3.44. The minimum absolute atomic E-state index is 0.00437. The van der Waals surface area contributed by atoms with E-state index in [1.54, 1.807) is 6.07 Å². The van der Waals surface area contributed by atoms with Crippen LogP contribution in [-0.2, 0) is 0 Å². The highest BCUT2D eigenvalue weighted by Gasteiger charge is 2.63. The highest BCUT2D eigenvalue weighted by molar-refractivity contribution is 9.10. The zero-order valence-corrected chi connectivity index (χ0v) is 14.1. The Morgan fingerprint density at radius 1 is 1.43 bits per heavy atom. The molecule has 0 spiro atoms. The second-order valence-corrected chi connectivity index (χ2v) is 6.71. The molecule has 1 amide bonds. The van der Waals surface area contributed by atoms with Crippen molar-refractivity contribution in [3.8, 4) is 0 Å².